The minimum absolute atomic E-state index is 0.0510. The molecule has 1 rings (SSSR count). The molecule has 3 amide bonds. The molecule has 2 N–H and O–H groups in total. The lowest BCUT2D eigenvalue weighted by molar-refractivity contribution is -0.127. The molecule has 9 nitrogen and oxygen atoms in total. The number of carbonyl (C=O) groups excluding carboxylic acids is 3. The van der Waals surface area contributed by atoms with Gasteiger partial charge in [0.2, 0.25) is 10.0 Å². The van der Waals surface area contributed by atoms with Crippen molar-refractivity contribution >= 4 is 43.9 Å². The average molecular weight is 464 g/mol. The minimum Gasteiger partial charge on any atom is -0.449 e. The van der Waals surface area contributed by atoms with Gasteiger partial charge >= 0.3 is 12.0 Å². The van der Waals surface area contributed by atoms with E-state index in [1.54, 1.807) is 13.8 Å². The summed E-state index contributed by atoms with van der Waals surface area (Å²) in [6.45, 7) is 4.74. The van der Waals surface area contributed by atoms with Crippen LogP contribution in [0.25, 0.3) is 0 Å². The summed E-state index contributed by atoms with van der Waals surface area (Å²) in [4.78, 5) is 35.6. The Morgan fingerprint density at radius 1 is 1.15 bits per heavy atom. The van der Waals surface area contributed by atoms with Crippen LogP contribution in [0.4, 0.5) is 4.79 Å². The van der Waals surface area contributed by atoms with Crippen LogP contribution in [0.15, 0.2) is 27.6 Å². The van der Waals surface area contributed by atoms with Crippen molar-refractivity contribution in [1.82, 2.24) is 14.9 Å². The van der Waals surface area contributed by atoms with E-state index in [-0.39, 0.29) is 21.0 Å². The molecule has 150 valence electrons. The van der Waals surface area contributed by atoms with E-state index in [1.807, 2.05) is 0 Å². The van der Waals surface area contributed by atoms with Gasteiger partial charge in [0, 0.05) is 24.6 Å². The summed E-state index contributed by atoms with van der Waals surface area (Å²) in [6, 6.07) is 3.03. The Balaban J connectivity index is 2.92. The molecular formula is C16H22BrN3O6S. The third-order valence-corrected chi connectivity index (χ3v) is 6.04. The fraction of sp³-hybridized carbons (Fsp3) is 0.438. The number of nitrogens with one attached hydrogen (secondary N) is 2. The molecule has 0 spiro atoms. The number of benzene rings is 1. The third kappa shape index (κ3) is 6.29. The zero-order chi connectivity index (χ0) is 20.9. The van der Waals surface area contributed by atoms with Crippen molar-refractivity contribution in [3.8, 4) is 0 Å². The molecule has 0 fully saturated rings. The molecular weight excluding hydrogens is 442 g/mol. The normalized spacial score (nSPS) is 12.6. The molecule has 0 saturated heterocycles. The summed E-state index contributed by atoms with van der Waals surface area (Å²) in [7, 11) is -1.06. The summed E-state index contributed by atoms with van der Waals surface area (Å²) >= 11 is 3.14. The van der Waals surface area contributed by atoms with Crippen molar-refractivity contribution in [2.45, 2.75) is 37.8 Å². The molecule has 1 unspecified atom stereocenters. The van der Waals surface area contributed by atoms with Crippen LogP contribution >= 0.6 is 15.9 Å². The highest BCUT2D eigenvalue weighted by Gasteiger charge is 2.25. The maximum atomic E-state index is 12.3. The van der Waals surface area contributed by atoms with E-state index >= 15 is 0 Å². The number of rotatable bonds is 6. The van der Waals surface area contributed by atoms with E-state index in [0.717, 1.165) is 10.4 Å². The molecule has 0 bridgehead atoms. The highest BCUT2D eigenvalue weighted by atomic mass is 79.9. The molecule has 0 heterocycles. The Kier molecular flexibility index (Phi) is 7.93. The highest BCUT2D eigenvalue weighted by molar-refractivity contribution is 9.10. The van der Waals surface area contributed by atoms with Crippen molar-refractivity contribution < 1.29 is 27.5 Å². The number of urea groups is 1. The maximum Gasteiger partial charge on any atom is 0.338 e. The second-order valence-corrected chi connectivity index (χ2v) is 9.07. The smallest absolute Gasteiger partial charge is 0.338 e. The van der Waals surface area contributed by atoms with Gasteiger partial charge in [-0.1, -0.05) is 0 Å². The lowest BCUT2D eigenvalue weighted by Gasteiger charge is -2.16. The summed E-state index contributed by atoms with van der Waals surface area (Å²) in [6.07, 6.45) is -1.26. The number of sulfonamides is 1. The Hall–Kier alpha value is -1.98. The van der Waals surface area contributed by atoms with Gasteiger partial charge in [-0.05, 0) is 54.9 Å². The summed E-state index contributed by atoms with van der Waals surface area (Å²) in [5.74, 6) is -1.70. The van der Waals surface area contributed by atoms with Gasteiger partial charge in [-0.2, -0.15) is 0 Å². The molecule has 11 heteroatoms. The maximum absolute atomic E-state index is 12.3. The van der Waals surface area contributed by atoms with E-state index in [0.29, 0.717) is 0 Å². The third-order valence-electron chi connectivity index (χ3n) is 3.24. The van der Waals surface area contributed by atoms with Crippen LogP contribution in [0.2, 0.25) is 0 Å². The van der Waals surface area contributed by atoms with Gasteiger partial charge in [0.05, 0.1) is 10.5 Å². The summed E-state index contributed by atoms with van der Waals surface area (Å²) in [5.41, 5.74) is -0.0510. The van der Waals surface area contributed by atoms with Crippen LogP contribution in [-0.2, 0) is 19.6 Å². The van der Waals surface area contributed by atoms with Crippen molar-refractivity contribution in [3.63, 3.8) is 0 Å². The van der Waals surface area contributed by atoms with Gasteiger partial charge in [0.25, 0.3) is 5.91 Å². The zero-order valence-corrected chi connectivity index (χ0v) is 18.0. The molecule has 1 atom stereocenters. The number of amides is 3. The molecule has 27 heavy (non-hydrogen) atoms. The number of nitrogens with zero attached hydrogens (tertiary/aromatic N) is 1. The first-order valence-corrected chi connectivity index (χ1v) is 10.1. The van der Waals surface area contributed by atoms with Crippen molar-refractivity contribution in [2.75, 3.05) is 14.1 Å². The van der Waals surface area contributed by atoms with Gasteiger partial charge in [-0.3, -0.25) is 10.1 Å². The first kappa shape index (κ1) is 23.1. The first-order chi connectivity index (χ1) is 12.4. The number of hydrogen-bond donors (Lipinski definition) is 2. The Morgan fingerprint density at radius 3 is 2.26 bits per heavy atom. The molecule has 0 saturated carbocycles. The van der Waals surface area contributed by atoms with Crippen molar-refractivity contribution in [1.29, 1.82) is 0 Å². The largest absolute Gasteiger partial charge is 0.449 e. The second-order valence-electron chi connectivity index (χ2n) is 6.10. The van der Waals surface area contributed by atoms with Gasteiger partial charge in [-0.25, -0.2) is 22.3 Å². The number of carbonyl (C=O) groups is 3. The van der Waals surface area contributed by atoms with Gasteiger partial charge < -0.3 is 10.1 Å². The van der Waals surface area contributed by atoms with E-state index in [1.165, 1.54) is 33.2 Å². The molecule has 1 aromatic carbocycles. The monoisotopic (exact) mass is 463 g/mol. The number of imide groups is 1. The number of hydrogen-bond acceptors (Lipinski definition) is 6. The Morgan fingerprint density at radius 2 is 1.74 bits per heavy atom. The molecule has 0 radical (unpaired) electrons. The van der Waals surface area contributed by atoms with Crippen LogP contribution in [-0.4, -0.2) is 56.9 Å². The van der Waals surface area contributed by atoms with Crippen LogP contribution in [0.1, 0.15) is 31.1 Å². The number of ether oxygens (including phenoxy) is 1. The summed E-state index contributed by atoms with van der Waals surface area (Å²) < 4.78 is 30.9. The van der Waals surface area contributed by atoms with Crippen molar-refractivity contribution in [3.05, 3.63) is 28.2 Å². The van der Waals surface area contributed by atoms with Crippen LogP contribution < -0.4 is 10.6 Å². The van der Waals surface area contributed by atoms with Crippen molar-refractivity contribution in [2.24, 2.45) is 0 Å². The molecule has 0 aliphatic carbocycles. The first-order valence-electron chi connectivity index (χ1n) is 7.90. The van der Waals surface area contributed by atoms with Crippen LogP contribution in [0.5, 0.6) is 0 Å². The Bertz CT molecular complexity index is 839. The van der Waals surface area contributed by atoms with E-state index in [4.69, 9.17) is 4.74 Å². The van der Waals surface area contributed by atoms with E-state index < -0.39 is 34.0 Å². The van der Waals surface area contributed by atoms with E-state index in [9.17, 15) is 22.8 Å². The van der Waals surface area contributed by atoms with Gasteiger partial charge in [0.15, 0.2) is 6.10 Å². The lowest BCUT2D eigenvalue weighted by atomic mass is 10.2. The topological polar surface area (TPSA) is 122 Å². The summed E-state index contributed by atoms with van der Waals surface area (Å²) in [5, 5.41) is 4.52. The quantitative estimate of drug-likeness (QED) is 0.616. The molecule has 0 aliphatic rings. The SMILES string of the molecule is CC(C)NC(=O)NC(=O)C(C)OC(=O)c1ccc(Br)c(S(=O)(=O)N(C)C)c1. The standard InChI is InChI=1S/C16H22BrN3O6S/c1-9(2)18-16(23)19-14(21)10(3)26-15(22)11-6-7-12(17)13(8-11)27(24,25)20(4)5/h6-10H,1-5H3,(H2,18,19,21,23). The van der Waals surface area contributed by atoms with E-state index in [2.05, 4.69) is 26.6 Å². The number of esters is 1. The highest BCUT2D eigenvalue weighted by Crippen LogP contribution is 2.25. The minimum atomic E-state index is -3.79. The predicted octanol–water partition coefficient (Wildman–Crippen LogP) is 1.48. The van der Waals surface area contributed by atoms with Gasteiger partial charge in [0.1, 0.15) is 0 Å². The zero-order valence-electron chi connectivity index (χ0n) is 15.6. The lowest BCUT2D eigenvalue weighted by Crippen LogP contribution is -2.46. The molecule has 0 aromatic heterocycles. The van der Waals surface area contributed by atoms with Crippen LogP contribution in [0.3, 0.4) is 0 Å². The fourth-order valence-corrected chi connectivity index (χ4v) is 3.66. The molecule has 0 aliphatic heterocycles. The average Bonchev–Trinajstić information content (AvgIpc) is 2.53. The van der Waals surface area contributed by atoms with Crippen LogP contribution in [0, 0.1) is 0 Å². The molecule has 1 aromatic rings. The van der Waals surface area contributed by atoms with Gasteiger partial charge in [-0.15, -0.1) is 0 Å². The number of halogens is 1. The fourth-order valence-electron chi connectivity index (χ4n) is 1.82. The predicted molar refractivity (Wildman–Crippen MR) is 102 cm³/mol. The second kappa shape index (κ2) is 9.29. The Labute approximate surface area is 166 Å².